The van der Waals surface area contributed by atoms with Gasteiger partial charge in [-0.25, -0.2) is 9.48 Å². The van der Waals surface area contributed by atoms with E-state index in [4.69, 9.17) is 0 Å². The smallest absolute Gasteiger partial charge is 0.317 e. The molecule has 0 bridgehead atoms. The molecule has 1 N–H and O–H groups in total. The van der Waals surface area contributed by atoms with Crippen LogP contribution in [0, 0.1) is 0 Å². The van der Waals surface area contributed by atoms with Crippen molar-refractivity contribution >= 4 is 6.03 Å². The molecule has 25 heavy (non-hydrogen) atoms. The Morgan fingerprint density at radius 1 is 1.16 bits per heavy atom. The van der Waals surface area contributed by atoms with Crippen molar-refractivity contribution < 1.29 is 4.79 Å². The highest BCUT2D eigenvalue weighted by Gasteiger charge is 2.31. The minimum atomic E-state index is 0.0389. The van der Waals surface area contributed by atoms with Crippen LogP contribution >= 0.6 is 0 Å². The molecule has 6 heteroatoms. The first-order chi connectivity index (χ1) is 12.3. The summed E-state index contributed by atoms with van der Waals surface area (Å²) in [6.07, 6.45) is 7.37. The zero-order valence-corrected chi connectivity index (χ0v) is 14.5. The summed E-state index contributed by atoms with van der Waals surface area (Å²) in [5.41, 5.74) is 2.07. The SMILES string of the molecule is O=C(NCc1ccccc1-n1cccn1)N1CC[C@H](N2CCCC2)C1. The third-order valence-corrected chi connectivity index (χ3v) is 5.28. The molecule has 1 atom stereocenters. The maximum Gasteiger partial charge on any atom is 0.317 e. The van der Waals surface area contributed by atoms with Gasteiger partial charge in [0.1, 0.15) is 0 Å². The molecular formula is C19H25N5O. The normalized spacial score (nSPS) is 21.0. The first kappa shape index (κ1) is 16.1. The highest BCUT2D eigenvalue weighted by Crippen LogP contribution is 2.20. The molecule has 0 aliphatic carbocycles. The van der Waals surface area contributed by atoms with Gasteiger partial charge in [-0.1, -0.05) is 18.2 Å². The lowest BCUT2D eigenvalue weighted by Crippen LogP contribution is -2.41. The largest absolute Gasteiger partial charge is 0.334 e. The topological polar surface area (TPSA) is 53.4 Å². The van der Waals surface area contributed by atoms with E-state index in [1.165, 1.54) is 25.9 Å². The number of benzene rings is 1. The summed E-state index contributed by atoms with van der Waals surface area (Å²) in [6, 6.07) is 10.5. The number of likely N-dealkylation sites (tertiary alicyclic amines) is 2. The van der Waals surface area contributed by atoms with Gasteiger partial charge in [0, 0.05) is 38.1 Å². The van der Waals surface area contributed by atoms with Crippen molar-refractivity contribution in [1.82, 2.24) is 24.9 Å². The number of amides is 2. The fourth-order valence-corrected chi connectivity index (χ4v) is 3.91. The van der Waals surface area contributed by atoms with E-state index < -0.39 is 0 Å². The zero-order valence-electron chi connectivity index (χ0n) is 14.5. The van der Waals surface area contributed by atoms with Gasteiger partial charge in [0.2, 0.25) is 0 Å². The Labute approximate surface area is 148 Å². The van der Waals surface area contributed by atoms with E-state index in [9.17, 15) is 4.79 Å². The Morgan fingerprint density at radius 2 is 2.00 bits per heavy atom. The second-order valence-electron chi connectivity index (χ2n) is 6.87. The van der Waals surface area contributed by atoms with Gasteiger partial charge in [-0.3, -0.25) is 4.90 Å². The van der Waals surface area contributed by atoms with Crippen molar-refractivity contribution in [2.45, 2.75) is 31.8 Å². The number of para-hydroxylation sites is 1. The average molecular weight is 339 g/mol. The van der Waals surface area contributed by atoms with Crippen LogP contribution in [0.15, 0.2) is 42.7 Å². The monoisotopic (exact) mass is 339 g/mol. The van der Waals surface area contributed by atoms with Crippen molar-refractivity contribution in [2.24, 2.45) is 0 Å². The van der Waals surface area contributed by atoms with Gasteiger partial charge >= 0.3 is 6.03 Å². The summed E-state index contributed by atoms with van der Waals surface area (Å²) < 4.78 is 1.83. The van der Waals surface area contributed by atoms with E-state index in [-0.39, 0.29) is 6.03 Å². The highest BCUT2D eigenvalue weighted by molar-refractivity contribution is 5.74. The molecular weight excluding hydrogens is 314 g/mol. The van der Waals surface area contributed by atoms with Gasteiger partial charge in [0.15, 0.2) is 0 Å². The number of carbonyl (C=O) groups is 1. The van der Waals surface area contributed by atoms with E-state index >= 15 is 0 Å². The van der Waals surface area contributed by atoms with Crippen molar-refractivity contribution in [1.29, 1.82) is 0 Å². The van der Waals surface area contributed by atoms with Crippen molar-refractivity contribution in [2.75, 3.05) is 26.2 Å². The first-order valence-corrected chi connectivity index (χ1v) is 9.16. The van der Waals surface area contributed by atoms with E-state index in [0.717, 1.165) is 30.8 Å². The lowest BCUT2D eigenvalue weighted by Gasteiger charge is -2.23. The molecule has 2 saturated heterocycles. The lowest BCUT2D eigenvalue weighted by molar-refractivity contribution is 0.198. The number of nitrogens with zero attached hydrogens (tertiary/aromatic N) is 4. The van der Waals surface area contributed by atoms with Gasteiger partial charge < -0.3 is 10.2 Å². The van der Waals surface area contributed by atoms with E-state index in [1.54, 1.807) is 6.20 Å². The summed E-state index contributed by atoms with van der Waals surface area (Å²) in [5.74, 6) is 0. The van der Waals surface area contributed by atoms with Crippen molar-refractivity contribution in [3.63, 3.8) is 0 Å². The molecule has 2 aromatic rings. The average Bonchev–Trinajstić information content (AvgIpc) is 3.41. The van der Waals surface area contributed by atoms with Crippen LogP contribution in [-0.2, 0) is 6.54 Å². The molecule has 132 valence electrons. The minimum absolute atomic E-state index is 0.0389. The summed E-state index contributed by atoms with van der Waals surface area (Å²) in [5, 5.41) is 7.38. The summed E-state index contributed by atoms with van der Waals surface area (Å²) in [7, 11) is 0. The number of carbonyl (C=O) groups excluding carboxylic acids is 1. The molecule has 3 heterocycles. The highest BCUT2D eigenvalue weighted by atomic mass is 16.2. The Morgan fingerprint density at radius 3 is 2.80 bits per heavy atom. The van der Waals surface area contributed by atoms with Crippen LogP contribution in [0.1, 0.15) is 24.8 Å². The number of hydrogen-bond acceptors (Lipinski definition) is 3. The Hall–Kier alpha value is -2.34. The molecule has 0 radical (unpaired) electrons. The predicted octanol–water partition coefficient (Wildman–Crippen LogP) is 2.25. The van der Waals surface area contributed by atoms with E-state index in [2.05, 4.69) is 15.3 Å². The van der Waals surface area contributed by atoms with Crippen LogP contribution in [0.4, 0.5) is 4.79 Å². The third kappa shape index (κ3) is 3.54. The van der Waals surface area contributed by atoms with Gasteiger partial charge in [-0.05, 0) is 50.0 Å². The lowest BCUT2D eigenvalue weighted by atomic mass is 10.2. The van der Waals surface area contributed by atoms with Crippen LogP contribution in [0.3, 0.4) is 0 Å². The molecule has 1 aromatic carbocycles. The molecule has 4 rings (SSSR count). The molecule has 2 aliphatic rings. The summed E-state index contributed by atoms with van der Waals surface area (Å²) in [6.45, 7) is 4.61. The maximum atomic E-state index is 12.6. The van der Waals surface area contributed by atoms with E-state index in [0.29, 0.717) is 12.6 Å². The number of nitrogens with one attached hydrogen (secondary N) is 1. The number of urea groups is 1. The minimum Gasteiger partial charge on any atom is -0.334 e. The fraction of sp³-hybridized carbons (Fsp3) is 0.474. The number of hydrogen-bond donors (Lipinski definition) is 1. The second kappa shape index (κ2) is 7.27. The standard InChI is InChI=1S/C19H25N5O/c25-19(23-13-8-17(15-23)22-10-3-4-11-22)20-14-16-6-1-2-7-18(16)24-12-5-9-21-24/h1-2,5-7,9,12,17H,3-4,8,10-11,13-15H2,(H,20,25)/t17-/m0/s1. The molecule has 2 aliphatic heterocycles. The molecule has 1 aromatic heterocycles. The number of aromatic nitrogens is 2. The molecule has 0 spiro atoms. The molecule has 0 unspecified atom stereocenters. The Balaban J connectivity index is 1.35. The molecule has 0 saturated carbocycles. The van der Waals surface area contributed by atoms with Gasteiger partial charge in [0.05, 0.1) is 5.69 Å². The summed E-state index contributed by atoms with van der Waals surface area (Å²) >= 11 is 0. The van der Waals surface area contributed by atoms with Crippen molar-refractivity contribution in [3.8, 4) is 5.69 Å². The maximum absolute atomic E-state index is 12.6. The molecule has 2 amide bonds. The fourth-order valence-electron chi connectivity index (χ4n) is 3.91. The van der Waals surface area contributed by atoms with Crippen LogP contribution in [0.25, 0.3) is 5.69 Å². The Kier molecular flexibility index (Phi) is 4.70. The van der Waals surface area contributed by atoms with Crippen molar-refractivity contribution in [3.05, 3.63) is 48.3 Å². The van der Waals surface area contributed by atoms with Crippen LogP contribution in [0.5, 0.6) is 0 Å². The molecule has 6 nitrogen and oxygen atoms in total. The van der Waals surface area contributed by atoms with Gasteiger partial charge in [-0.15, -0.1) is 0 Å². The first-order valence-electron chi connectivity index (χ1n) is 9.16. The third-order valence-electron chi connectivity index (χ3n) is 5.28. The molecule has 2 fully saturated rings. The van der Waals surface area contributed by atoms with E-state index in [1.807, 2.05) is 46.1 Å². The van der Waals surface area contributed by atoms with Crippen LogP contribution in [-0.4, -0.2) is 57.8 Å². The number of rotatable bonds is 4. The second-order valence-corrected chi connectivity index (χ2v) is 6.87. The zero-order chi connectivity index (χ0) is 17.1. The Bertz CT molecular complexity index is 708. The van der Waals surface area contributed by atoms with Crippen LogP contribution < -0.4 is 5.32 Å². The predicted molar refractivity (Wildman–Crippen MR) is 96.6 cm³/mol. The van der Waals surface area contributed by atoms with Gasteiger partial charge in [-0.2, -0.15) is 5.10 Å². The van der Waals surface area contributed by atoms with Gasteiger partial charge in [0.25, 0.3) is 0 Å². The quantitative estimate of drug-likeness (QED) is 0.929. The summed E-state index contributed by atoms with van der Waals surface area (Å²) in [4.78, 5) is 17.1. The van der Waals surface area contributed by atoms with Crippen LogP contribution in [0.2, 0.25) is 0 Å².